The number of aromatic nitrogens is 1. The number of likely N-dealkylation sites (tertiary alicyclic amines) is 1. The van der Waals surface area contributed by atoms with E-state index in [9.17, 15) is 9.50 Å². The topological polar surface area (TPSA) is 36.4 Å². The van der Waals surface area contributed by atoms with Gasteiger partial charge in [-0.05, 0) is 32.4 Å². The van der Waals surface area contributed by atoms with Crippen molar-refractivity contribution in [2.45, 2.75) is 39.0 Å². The predicted octanol–water partition coefficient (Wildman–Crippen LogP) is 2.70. The molecule has 0 amide bonds. The van der Waals surface area contributed by atoms with Crippen LogP contribution in [-0.4, -0.2) is 33.7 Å². The van der Waals surface area contributed by atoms with Gasteiger partial charge in [-0.2, -0.15) is 0 Å². The summed E-state index contributed by atoms with van der Waals surface area (Å²) >= 11 is 1.51. The van der Waals surface area contributed by atoms with E-state index in [0.717, 1.165) is 21.6 Å². The van der Waals surface area contributed by atoms with Gasteiger partial charge >= 0.3 is 0 Å². The van der Waals surface area contributed by atoms with Gasteiger partial charge in [0, 0.05) is 24.7 Å². The molecule has 2 aromatic rings. The third-order valence-electron chi connectivity index (χ3n) is 3.72. The monoisotopic (exact) mass is 280 g/mol. The second-order valence-electron chi connectivity index (χ2n) is 5.31. The van der Waals surface area contributed by atoms with Crippen LogP contribution in [0.3, 0.4) is 0 Å². The molecule has 3 rings (SSSR count). The normalized spacial score (nSPS) is 24.4. The van der Waals surface area contributed by atoms with E-state index in [2.05, 4.69) is 16.8 Å². The van der Waals surface area contributed by atoms with E-state index in [1.807, 2.05) is 13.0 Å². The number of aliphatic hydroxyl groups excluding tert-OH is 1. The predicted molar refractivity (Wildman–Crippen MR) is 74.8 cm³/mol. The van der Waals surface area contributed by atoms with Crippen molar-refractivity contribution in [2.75, 3.05) is 6.54 Å². The third kappa shape index (κ3) is 2.50. The van der Waals surface area contributed by atoms with Crippen LogP contribution >= 0.6 is 11.3 Å². The Labute approximate surface area is 115 Å². The highest BCUT2D eigenvalue weighted by atomic mass is 32.1. The SMILES string of the molecule is Cc1nc2cc(CN3C[C@H](O)C[C@@H]3C)c(F)cc2s1. The minimum absolute atomic E-state index is 0.176. The van der Waals surface area contributed by atoms with Crippen molar-refractivity contribution in [2.24, 2.45) is 0 Å². The molecule has 0 spiro atoms. The fourth-order valence-corrected chi connectivity index (χ4v) is 3.57. The molecule has 1 aromatic heterocycles. The van der Waals surface area contributed by atoms with Crippen LogP contribution in [0.2, 0.25) is 0 Å². The Morgan fingerprint density at radius 3 is 3.00 bits per heavy atom. The number of rotatable bonds is 2. The largest absolute Gasteiger partial charge is 0.392 e. The number of fused-ring (bicyclic) bond motifs is 1. The highest BCUT2D eigenvalue weighted by molar-refractivity contribution is 7.18. The number of hydrogen-bond donors (Lipinski definition) is 1. The first kappa shape index (κ1) is 13.0. The van der Waals surface area contributed by atoms with Gasteiger partial charge in [0.2, 0.25) is 0 Å². The number of nitrogens with zero attached hydrogens (tertiary/aromatic N) is 2. The van der Waals surface area contributed by atoms with E-state index in [4.69, 9.17) is 0 Å². The zero-order chi connectivity index (χ0) is 13.6. The number of thiazole rings is 1. The number of aryl methyl sites for hydroxylation is 1. The van der Waals surface area contributed by atoms with Crippen LogP contribution < -0.4 is 0 Å². The summed E-state index contributed by atoms with van der Waals surface area (Å²) in [5.74, 6) is -0.176. The minimum Gasteiger partial charge on any atom is -0.392 e. The van der Waals surface area contributed by atoms with Gasteiger partial charge < -0.3 is 5.11 Å². The number of hydrogen-bond acceptors (Lipinski definition) is 4. The lowest BCUT2D eigenvalue weighted by atomic mass is 10.1. The van der Waals surface area contributed by atoms with Gasteiger partial charge in [0.1, 0.15) is 5.82 Å². The van der Waals surface area contributed by atoms with Gasteiger partial charge in [-0.25, -0.2) is 9.37 Å². The van der Waals surface area contributed by atoms with Crippen molar-refractivity contribution in [3.8, 4) is 0 Å². The fraction of sp³-hybridized carbons (Fsp3) is 0.500. The zero-order valence-electron chi connectivity index (χ0n) is 11.1. The molecule has 5 heteroatoms. The molecule has 1 aliphatic rings. The van der Waals surface area contributed by atoms with Crippen molar-refractivity contribution in [1.82, 2.24) is 9.88 Å². The second-order valence-corrected chi connectivity index (χ2v) is 6.55. The highest BCUT2D eigenvalue weighted by Crippen LogP contribution is 2.27. The molecule has 1 aromatic carbocycles. The van der Waals surface area contributed by atoms with Gasteiger partial charge in [0.15, 0.2) is 0 Å². The van der Waals surface area contributed by atoms with E-state index in [1.165, 1.54) is 11.3 Å². The van der Waals surface area contributed by atoms with Crippen LogP contribution in [0.25, 0.3) is 10.2 Å². The Bertz CT molecular complexity index is 613. The van der Waals surface area contributed by atoms with Gasteiger partial charge in [-0.3, -0.25) is 4.90 Å². The van der Waals surface area contributed by atoms with E-state index >= 15 is 0 Å². The molecule has 0 aliphatic carbocycles. The van der Waals surface area contributed by atoms with Crippen molar-refractivity contribution < 1.29 is 9.50 Å². The zero-order valence-corrected chi connectivity index (χ0v) is 11.9. The summed E-state index contributed by atoms with van der Waals surface area (Å²) in [7, 11) is 0. The van der Waals surface area contributed by atoms with Crippen LogP contribution in [0.1, 0.15) is 23.9 Å². The van der Waals surface area contributed by atoms with E-state index in [1.54, 1.807) is 6.07 Å². The van der Waals surface area contributed by atoms with Crippen LogP contribution in [0.5, 0.6) is 0 Å². The van der Waals surface area contributed by atoms with E-state index in [-0.39, 0.29) is 11.9 Å². The molecule has 102 valence electrons. The number of β-amino-alcohol motifs (C(OH)–C–C–N with tert-alkyl or cyclic N) is 1. The summed E-state index contributed by atoms with van der Waals surface area (Å²) in [6.07, 6.45) is 0.475. The molecule has 0 unspecified atom stereocenters. The maximum absolute atomic E-state index is 14.1. The van der Waals surface area contributed by atoms with Crippen LogP contribution in [0.15, 0.2) is 12.1 Å². The van der Waals surface area contributed by atoms with Gasteiger partial charge in [-0.1, -0.05) is 0 Å². The van der Waals surface area contributed by atoms with Crippen molar-refractivity contribution >= 4 is 21.6 Å². The average Bonchev–Trinajstić information content (AvgIpc) is 2.81. The van der Waals surface area contributed by atoms with E-state index < -0.39 is 0 Å². The van der Waals surface area contributed by atoms with Crippen LogP contribution in [0.4, 0.5) is 4.39 Å². The molecule has 1 saturated heterocycles. The standard InChI is InChI=1S/C14H17FN2OS/c1-8-3-11(18)7-17(8)6-10-4-13-14(5-12(10)15)19-9(2)16-13/h4-5,8,11,18H,3,6-7H2,1-2H3/t8-,11+/m0/s1. The Kier molecular flexibility index (Phi) is 3.28. The number of halogens is 1. The maximum atomic E-state index is 14.1. The lowest BCUT2D eigenvalue weighted by Crippen LogP contribution is -2.27. The number of aliphatic hydroxyl groups is 1. The van der Waals surface area contributed by atoms with Crippen LogP contribution in [0, 0.1) is 12.7 Å². The Balaban J connectivity index is 1.90. The molecule has 1 N–H and O–H groups in total. The Hall–Kier alpha value is -1.04. The molecule has 0 saturated carbocycles. The Morgan fingerprint density at radius 2 is 2.32 bits per heavy atom. The second kappa shape index (κ2) is 4.81. The van der Waals surface area contributed by atoms with Crippen molar-refractivity contribution in [3.05, 3.63) is 28.5 Å². The lowest BCUT2D eigenvalue weighted by molar-refractivity contribution is 0.172. The first-order chi connectivity index (χ1) is 9.02. The average molecular weight is 280 g/mol. The molecule has 2 heterocycles. The smallest absolute Gasteiger partial charge is 0.129 e. The first-order valence-corrected chi connectivity index (χ1v) is 7.32. The molecule has 1 aliphatic heterocycles. The minimum atomic E-state index is -0.289. The maximum Gasteiger partial charge on any atom is 0.129 e. The van der Waals surface area contributed by atoms with Crippen molar-refractivity contribution in [1.29, 1.82) is 0 Å². The molecular formula is C14H17FN2OS. The first-order valence-electron chi connectivity index (χ1n) is 6.50. The summed E-state index contributed by atoms with van der Waals surface area (Å²) < 4.78 is 15.0. The summed E-state index contributed by atoms with van der Waals surface area (Å²) in [6, 6.07) is 3.71. The molecular weight excluding hydrogens is 263 g/mol. The van der Waals surface area contributed by atoms with Crippen molar-refractivity contribution in [3.63, 3.8) is 0 Å². The lowest BCUT2D eigenvalue weighted by Gasteiger charge is -2.20. The molecule has 0 bridgehead atoms. The fourth-order valence-electron chi connectivity index (χ4n) is 2.74. The van der Waals surface area contributed by atoms with Gasteiger partial charge in [0.25, 0.3) is 0 Å². The van der Waals surface area contributed by atoms with Crippen LogP contribution in [-0.2, 0) is 6.54 Å². The van der Waals surface area contributed by atoms with Gasteiger partial charge in [0.05, 0.1) is 21.3 Å². The quantitative estimate of drug-likeness (QED) is 0.919. The number of benzene rings is 1. The third-order valence-corrected chi connectivity index (χ3v) is 4.65. The highest BCUT2D eigenvalue weighted by Gasteiger charge is 2.28. The summed E-state index contributed by atoms with van der Waals surface area (Å²) in [5, 5.41) is 10.6. The molecule has 19 heavy (non-hydrogen) atoms. The molecule has 3 nitrogen and oxygen atoms in total. The Morgan fingerprint density at radius 1 is 1.53 bits per heavy atom. The molecule has 0 radical (unpaired) electrons. The molecule has 1 fully saturated rings. The van der Waals surface area contributed by atoms with Gasteiger partial charge in [-0.15, -0.1) is 11.3 Å². The summed E-state index contributed by atoms with van der Waals surface area (Å²) in [6.45, 7) is 5.16. The summed E-state index contributed by atoms with van der Waals surface area (Å²) in [4.78, 5) is 6.53. The summed E-state index contributed by atoms with van der Waals surface area (Å²) in [5.41, 5.74) is 1.53. The van der Waals surface area contributed by atoms with E-state index in [0.29, 0.717) is 24.7 Å². The molecule has 2 atom stereocenters.